The zero-order valence-electron chi connectivity index (χ0n) is 9.31. The van der Waals surface area contributed by atoms with Crippen LogP contribution in [0.1, 0.15) is 18.4 Å². The lowest BCUT2D eigenvalue weighted by Gasteiger charge is -2.04. The van der Waals surface area contributed by atoms with Crippen molar-refractivity contribution in [2.75, 3.05) is 6.54 Å². The Kier molecular flexibility index (Phi) is 2.55. The third kappa shape index (κ3) is 2.08. The summed E-state index contributed by atoms with van der Waals surface area (Å²) in [6, 6.07) is 2.87. The van der Waals surface area contributed by atoms with Crippen LogP contribution >= 0.6 is 0 Å². The maximum absolute atomic E-state index is 13.0. The molecule has 94 valence electrons. The van der Waals surface area contributed by atoms with Crippen LogP contribution in [-0.4, -0.2) is 27.6 Å². The molecule has 0 saturated carbocycles. The van der Waals surface area contributed by atoms with Crippen LogP contribution in [0.3, 0.4) is 0 Å². The second-order valence-corrected chi connectivity index (χ2v) is 4.19. The molecule has 0 bridgehead atoms. The summed E-state index contributed by atoms with van der Waals surface area (Å²) in [6.45, 7) is -0.357. The third-order valence-corrected chi connectivity index (χ3v) is 2.79. The van der Waals surface area contributed by atoms with Crippen LogP contribution < -0.4 is 5.32 Å². The molecule has 1 N–H and O–H groups in total. The largest absolute Gasteiger partial charge is 0.337 e. The molecule has 3 rings (SSSR count). The first-order valence-corrected chi connectivity index (χ1v) is 5.49. The molecule has 18 heavy (non-hydrogen) atoms. The Hall–Kier alpha value is -1.89. The van der Waals surface area contributed by atoms with Crippen LogP contribution in [0, 0.1) is 0 Å². The minimum Gasteiger partial charge on any atom is -0.337 e. The number of nitrogens with one attached hydrogen (secondary N) is 1. The Morgan fingerprint density at radius 1 is 1.33 bits per heavy atom. The second kappa shape index (κ2) is 4.09. The highest BCUT2D eigenvalue weighted by Gasteiger charge is 2.42. The van der Waals surface area contributed by atoms with Crippen LogP contribution in [0.4, 0.5) is 8.78 Å². The molecular weight excluding hydrogens is 242 g/mol. The molecule has 1 atom stereocenters. The summed E-state index contributed by atoms with van der Waals surface area (Å²) >= 11 is 0. The third-order valence-electron chi connectivity index (χ3n) is 2.79. The fourth-order valence-electron chi connectivity index (χ4n) is 1.89. The van der Waals surface area contributed by atoms with E-state index in [4.69, 9.17) is 4.52 Å². The molecule has 0 unspecified atom stereocenters. The number of rotatable bonds is 2. The molecular formula is C11H10F2N4O. The first kappa shape index (κ1) is 11.2. The minimum atomic E-state index is -2.71. The maximum atomic E-state index is 13.0. The van der Waals surface area contributed by atoms with Crippen molar-refractivity contribution >= 4 is 0 Å². The van der Waals surface area contributed by atoms with Gasteiger partial charge in [-0.1, -0.05) is 5.16 Å². The monoisotopic (exact) mass is 252 g/mol. The van der Waals surface area contributed by atoms with Crippen molar-refractivity contribution in [1.82, 2.24) is 20.4 Å². The van der Waals surface area contributed by atoms with Gasteiger partial charge in [-0.05, 0) is 12.1 Å². The number of hydrogen-bond donors (Lipinski definition) is 1. The summed E-state index contributed by atoms with van der Waals surface area (Å²) in [5.41, 5.74) is 0.741. The number of pyridine rings is 1. The summed E-state index contributed by atoms with van der Waals surface area (Å²) in [7, 11) is 0. The van der Waals surface area contributed by atoms with E-state index in [-0.39, 0.29) is 18.9 Å². The highest BCUT2D eigenvalue weighted by molar-refractivity contribution is 5.52. The van der Waals surface area contributed by atoms with E-state index in [1.165, 1.54) is 0 Å². The van der Waals surface area contributed by atoms with Gasteiger partial charge in [0.05, 0.1) is 12.6 Å². The summed E-state index contributed by atoms with van der Waals surface area (Å²) in [6.07, 6.45) is 2.89. The van der Waals surface area contributed by atoms with Gasteiger partial charge in [0.15, 0.2) is 0 Å². The van der Waals surface area contributed by atoms with E-state index in [1.807, 2.05) is 0 Å². The average molecular weight is 252 g/mol. The Bertz CT molecular complexity index is 543. The van der Waals surface area contributed by atoms with Gasteiger partial charge in [-0.2, -0.15) is 4.98 Å². The van der Waals surface area contributed by atoms with Gasteiger partial charge in [0.1, 0.15) is 0 Å². The first-order chi connectivity index (χ1) is 8.64. The zero-order chi connectivity index (χ0) is 12.6. The second-order valence-electron chi connectivity index (χ2n) is 4.19. The lowest BCUT2D eigenvalue weighted by Crippen LogP contribution is -2.19. The van der Waals surface area contributed by atoms with E-state index in [1.54, 1.807) is 24.5 Å². The molecule has 2 aromatic heterocycles. The fraction of sp³-hybridized carbons (Fsp3) is 0.364. The minimum absolute atomic E-state index is 0.194. The van der Waals surface area contributed by atoms with Crippen molar-refractivity contribution in [3.8, 4) is 11.4 Å². The average Bonchev–Trinajstić information content (AvgIpc) is 2.96. The Morgan fingerprint density at radius 2 is 2.11 bits per heavy atom. The Labute approximate surface area is 101 Å². The predicted octanol–water partition coefficient (Wildman–Crippen LogP) is 1.80. The molecule has 1 aliphatic heterocycles. The van der Waals surface area contributed by atoms with Crippen molar-refractivity contribution < 1.29 is 13.3 Å². The number of hydrogen-bond acceptors (Lipinski definition) is 5. The van der Waals surface area contributed by atoms with Crippen molar-refractivity contribution in [2.24, 2.45) is 0 Å². The molecule has 1 saturated heterocycles. The van der Waals surface area contributed by atoms with E-state index >= 15 is 0 Å². The Balaban J connectivity index is 1.83. The molecule has 5 nitrogen and oxygen atoms in total. The summed E-state index contributed by atoms with van der Waals surface area (Å²) in [5.74, 6) is -2.14. The SMILES string of the molecule is FC1(F)CN[C@H](c2nc(-c3ccncc3)no2)C1. The van der Waals surface area contributed by atoms with Crippen LogP contribution in [0.25, 0.3) is 11.4 Å². The topological polar surface area (TPSA) is 63.8 Å². The molecule has 1 fully saturated rings. The number of halogens is 2. The normalized spacial score (nSPS) is 22.2. The van der Waals surface area contributed by atoms with E-state index in [9.17, 15) is 8.78 Å². The highest BCUT2D eigenvalue weighted by atomic mass is 19.3. The zero-order valence-corrected chi connectivity index (χ0v) is 9.31. The van der Waals surface area contributed by atoms with Crippen molar-refractivity contribution in [2.45, 2.75) is 18.4 Å². The van der Waals surface area contributed by atoms with Gasteiger partial charge in [0.25, 0.3) is 5.92 Å². The van der Waals surface area contributed by atoms with Crippen molar-refractivity contribution in [3.05, 3.63) is 30.4 Å². The van der Waals surface area contributed by atoms with Gasteiger partial charge < -0.3 is 4.52 Å². The van der Waals surface area contributed by atoms with Gasteiger partial charge in [0.2, 0.25) is 11.7 Å². The molecule has 0 aromatic carbocycles. The van der Waals surface area contributed by atoms with Gasteiger partial charge in [0, 0.05) is 24.4 Å². The quantitative estimate of drug-likeness (QED) is 0.882. The Morgan fingerprint density at radius 3 is 2.78 bits per heavy atom. The van der Waals surface area contributed by atoms with Crippen molar-refractivity contribution in [1.29, 1.82) is 0 Å². The molecule has 3 heterocycles. The highest BCUT2D eigenvalue weighted by Crippen LogP contribution is 2.33. The lowest BCUT2D eigenvalue weighted by molar-refractivity contribution is 0.0200. The maximum Gasteiger partial charge on any atom is 0.262 e. The van der Waals surface area contributed by atoms with Crippen LogP contribution in [0.5, 0.6) is 0 Å². The molecule has 0 spiro atoms. The van der Waals surface area contributed by atoms with Crippen LogP contribution in [0.15, 0.2) is 29.0 Å². The molecule has 0 aliphatic carbocycles. The lowest BCUT2D eigenvalue weighted by atomic mass is 10.2. The predicted molar refractivity (Wildman–Crippen MR) is 57.8 cm³/mol. The number of aromatic nitrogens is 3. The molecule has 7 heteroatoms. The molecule has 2 aromatic rings. The summed E-state index contributed by atoms with van der Waals surface area (Å²) < 4.78 is 31.1. The van der Waals surface area contributed by atoms with E-state index in [0.29, 0.717) is 5.82 Å². The van der Waals surface area contributed by atoms with E-state index in [2.05, 4.69) is 20.4 Å². The smallest absolute Gasteiger partial charge is 0.262 e. The van der Waals surface area contributed by atoms with Crippen LogP contribution in [0.2, 0.25) is 0 Å². The van der Waals surface area contributed by atoms with Gasteiger partial charge in [-0.3, -0.25) is 10.3 Å². The van der Waals surface area contributed by atoms with Crippen LogP contribution in [-0.2, 0) is 0 Å². The number of alkyl halides is 2. The molecule has 1 aliphatic rings. The number of nitrogens with zero attached hydrogens (tertiary/aromatic N) is 3. The van der Waals surface area contributed by atoms with Gasteiger partial charge in [-0.15, -0.1) is 0 Å². The van der Waals surface area contributed by atoms with E-state index < -0.39 is 12.0 Å². The molecule has 0 radical (unpaired) electrons. The first-order valence-electron chi connectivity index (χ1n) is 5.49. The summed E-state index contributed by atoms with van der Waals surface area (Å²) in [4.78, 5) is 8.00. The van der Waals surface area contributed by atoms with Gasteiger partial charge >= 0.3 is 0 Å². The molecule has 0 amide bonds. The van der Waals surface area contributed by atoms with Crippen molar-refractivity contribution in [3.63, 3.8) is 0 Å². The summed E-state index contributed by atoms with van der Waals surface area (Å²) in [5, 5.41) is 6.45. The standard InChI is InChI=1S/C11H10F2N4O/c12-11(13)5-8(15-6-11)10-16-9(17-18-10)7-1-3-14-4-2-7/h1-4,8,15H,5-6H2/t8-/m0/s1. The van der Waals surface area contributed by atoms with Gasteiger partial charge in [-0.25, -0.2) is 8.78 Å². The van der Waals surface area contributed by atoms with E-state index in [0.717, 1.165) is 5.56 Å². The fourth-order valence-corrected chi connectivity index (χ4v) is 1.89.